The molecule has 0 fully saturated rings. The van der Waals surface area contributed by atoms with E-state index in [1.807, 2.05) is 24.8 Å². The van der Waals surface area contributed by atoms with E-state index < -0.39 is 0 Å². The molecule has 1 aliphatic heterocycles. The average Bonchev–Trinajstić information content (AvgIpc) is 2.62. The average molecular weight is 309 g/mol. The largest absolute Gasteiger partial charge is 0.312 e. The number of fused-ring (bicyclic) bond motifs is 1. The number of benzene rings is 2. The van der Waals surface area contributed by atoms with Gasteiger partial charge in [0.25, 0.3) is 0 Å². The van der Waals surface area contributed by atoms with E-state index in [2.05, 4.69) is 49.4 Å². The summed E-state index contributed by atoms with van der Waals surface area (Å²) in [5, 5.41) is 0. The first-order valence-corrected chi connectivity index (χ1v) is 8.68. The van der Waals surface area contributed by atoms with Crippen molar-refractivity contribution >= 4 is 11.6 Å². The Morgan fingerprint density at radius 1 is 1.09 bits per heavy atom. The lowest BCUT2D eigenvalue weighted by molar-refractivity contribution is -0.116. The predicted octanol–water partition coefficient (Wildman–Crippen LogP) is 5.63. The Labute approximate surface area is 140 Å². The second-order valence-electron chi connectivity index (χ2n) is 5.70. The highest BCUT2D eigenvalue weighted by molar-refractivity contribution is 5.93. The third kappa shape index (κ3) is 3.64. The van der Waals surface area contributed by atoms with Crippen LogP contribution in [0.25, 0.3) is 11.1 Å². The van der Waals surface area contributed by atoms with Gasteiger partial charge < -0.3 is 4.90 Å². The molecule has 0 saturated carbocycles. The summed E-state index contributed by atoms with van der Waals surface area (Å²) in [5.74, 6) is 0.692. The van der Waals surface area contributed by atoms with Gasteiger partial charge in [0.05, 0.1) is 0 Å². The molecule has 1 amide bonds. The van der Waals surface area contributed by atoms with Crippen molar-refractivity contribution in [3.63, 3.8) is 0 Å². The Bertz CT molecular complexity index is 648. The molecule has 0 saturated heterocycles. The Hall–Kier alpha value is -2.09. The minimum atomic E-state index is 0.137. The zero-order chi connectivity index (χ0) is 16.8. The highest BCUT2D eigenvalue weighted by Crippen LogP contribution is 2.39. The highest BCUT2D eigenvalue weighted by Gasteiger charge is 2.26. The summed E-state index contributed by atoms with van der Waals surface area (Å²) < 4.78 is 0. The van der Waals surface area contributed by atoms with Crippen molar-refractivity contribution in [2.45, 2.75) is 46.5 Å². The van der Waals surface area contributed by atoms with Gasteiger partial charge in [0, 0.05) is 19.2 Å². The van der Waals surface area contributed by atoms with Gasteiger partial charge in [-0.15, -0.1) is 0 Å². The Kier molecular flexibility index (Phi) is 5.97. The fourth-order valence-electron chi connectivity index (χ4n) is 3.25. The number of rotatable bonds is 2. The first-order valence-electron chi connectivity index (χ1n) is 8.68. The molecular weight excluding hydrogens is 282 g/mol. The van der Waals surface area contributed by atoms with Crippen LogP contribution in [0.3, 0.4) is 0 Å². The van der Waals surface area contributed by atoms with Crippen LogP contribution >= 0.6 is 0 Å². The molecule has 2 aromatic rings. The molecule has 1 aliphatic rings. The Balaban J connectivity index is 0.000000924. The maximum Gasteiger partial charge on any atom is 0.223 e. The number of carbonyl (C=O) groups is 1. The highest BCUT2D eigenvalue weighted by atomic mass is 16.2. The molecule has 3 rings (SSSR count). The van der Waals surface area contributed by atoms with E-state index in [1.165, 1.54) is 16.7 Å². The van der Waals surface area contributed by atoms with Gasteiger partial charge in [-0.1, -0.05) is 57.2 Å². The number of amides is 1. The second kappa shape index (κ2) is 7.96. The van der Waals surface area contributed by atoms with Crippen LogP contribution in [0.5, 0.6) is 0 Å². The molecule has 1 unspecified atom stereocenters. The number of carbonyl (C=O) groups excluding carboxylic acids is 1. The van der Waals surface area contributed by atoms with Gasteiger partial charge in [0.2, 0.25) is 5.91 Å². The van der Waals surface area contributed by atoms with Crippen LogP contribution in [0.2, 0.25) is 0 Å². The second-order valence-corrected chi connectivity index (χ2v) is 5.70. The Morgan fingerprint density at radius 3 is 2.39 bits per heavy atom. The fourth-order valence-corrected chi connectivity index (χ4v) is 3.25. The molecule has 2 nitrogen and oxygen atoms in total. The molecule has 0 radical (unpaired) electrons. The molecule has 1 atom stereocenters. The maximum atomic E-state index is 11.8. The lowest BCUT2D eigenvalue weighted by Crippen LogP contribution is -2.34. The summed E-state index contributed by atoms with van der Waals surface area (Å²) in [6.45, 7) is 8.72. The van der Waals surface area contributed by atoms with Crippen molar-refractivity contribution < 1.29 is 4.79 Å². The third-order valence-corrected chi connectivity index (χ3v) is 4.44. The molecular formula is C21H27NO. The van der Waals surface area contributed by atoms with Crippen LogP contribution in [0, 0.1) is 0 Å². The maximum absolute atomic E-state index is 11.8. The van der Waals surface area contributed by atoms with E-state index in [0.717, 1.165) is 25.1 Å². The SMILES string of the molecule is CC.CCC1CCN(C(C)=O)c2ccc(-c3ccccc3)cc21. The van der Waals surface area contributed by atoms with E-state index in [9.17, 15) is 4.79 Å². The minimum Gasteiger partial charge on any atom is -0.312 e. The van der Waals surface area contributed by atoms with Gasteiger partial charge >= 0.3 is 0 Å². The van der Waals surface area contributed by atoms with Crippen LogP contribution < -0.4 is 4.90 Å². The van der Waals surface area contributed by atoms with Crippen LogP contribution in [0.15, 0.2) is 48.5 Å². The summed E-state index contributed by atoms with van der Waals surface area (Å²) in [6.07, 6.45) is 2.18. The normalized spacial score (nSPS) is 16.2. The molecule has 0 bridgehead atoms. The van der Waals surface area contributed by atoms with E-state index >= 15 is 0 Å². The minimum absolute atomic E-state index is 0.137. The summed E-state index contributed by atoms with van der Waals surface area (Å²) >= 11 is 0. The smallest absolute Gasteiger partial charge is 0.223 e. The zero-order valence-electron chi connectivity index (χ0n) is 14.7. The van der Waals surface area contributed by atoms with Crippen LogP contribution in [-0.2, 0) is 4.79 Å². The van der Waals surface area contributed by atoms with Gasteiger partial charge in [0.1, 0.15) is 0 Å². The first kappa shape index (κ1) is 17.3. The quantitative estimate of drug-likeness (QED) is 0.704. The number of hydrogen-bond acceptors (Lipinski definition) is 1. The van der Waals surface area contributed by atoms with Gasteiger partial charge in [0.15, 0.2) is 0 Å². The standard InChI is InChI=1S/C19H21NO.C2H6/c1-3-15-11-12-20(14(2)21)19-10-9-17(13-18(15)19)16-7-5-4-6-8-16;1-2/h4-10,13,15H,3,11-12H2,1-2H3;1-2H3. The molecule has 0 aliphatic carbocycles. The summed E-state index contributed by atoms with van der Waals surface area (Å²) in [4.78, 5) is 13.8. The van der Waals surface area contributed by atoms with Gasteiger partial charge in [-0.3, -0.25) is 4.79 Å². The number of anilines is 1. The molecule has 0 aromatic heterocycles. The number of hydrogen-bond donors (Lipinski definition) is 0. The third-order valence-electron chi connectivity index (χ3n) is 4.44. The fraction of sp³-hybridized carbons (Fsp3) is 0.381. The van der Waals surface area contributed by atoms with E-state index in [0.29, 0.717) is 5.92 Å². The number of nitrogens with zero attached hydrogens (tertiary/aromatic N) is 1. The summed E-state index contributed by atoms with van der Waals surface area (Å²) in [5.41, 5.74) is 4.88. The van der Waals surface area contributed by atoms with Crippen molar-refractivity contribution in [1.29, 1.82) is 0 Å². The summed E-state index contributed by atoms with van der Waals surface area (Å²) in [6, 6.07) is 16.9. The monoisotopic (exact) mass is 309 g/mol. The van der Waals surface area contributed by atoms with Crippen molar-refractivity contribution in [2.24, 2.45) is 0 Å². The topological polar surface area (TPSA) is 20.3 Å². The van der Waals surface area contributed by atoms with Gasteiger partial charge in [-0.05, 0) is 47.6 Å². The first-order chi connectivity index (χ1) is 11.2. The molecule has 0 N–H and O–H groups in total. The molecule has 23 heavy (non-hydrogen) atoms. The van der Waals surface area contributed by atoms with Gasteiger partial charge in [-0.2, -0.15) is 0 Å². The zero-order valence-corrected chi connectivity index (χ0v) is 14.7. The lowest BCUT2D eigenvalue weighted by Gasteiger charge is -2.34. The molecule has 1 heterocycles. The van der Waals surface area contributed by atoms with Crippen molar-refractivity contribution in [1.82, 2.24) is 0 Å². The molecule has 122 valence electrons. The summed E-state index contributed by atoms with van der Waals surface area (Å²) in [7, 11) is 0. The van der Waals surface area contributed by atoms with E-state index in [-0.39, 0.29) is 5.91 Å². The van der Waals surface area contributed by atoms with Crippen molar-refractivity contribution in [2.75, 3.05) is 11.4 Å². The van der Waals surface area contributed by atoms with Crippen molar-refractivity contribution in [3.05, 3.63) is 54.1 Å². The lowest BCUT2D eigenvalue weighted by atomic mass is 9.86. The van der Waals surface area contributed by atoms with Crippen LogP contribution in [0.1, 0.15) is 52.0 Å². The van der Waals surface area contributed by atoms with Crippen LogP contribution in [-0.4, -0.2) is 12.5 Å². The van der Waals surface area contributed by atoms with Crippen LogP contribution in [0.4, 0.5) is 5.69 Å². The Morgan fingerprint density at radius 2 is 1.78 bits per heavy atom. The molecule has 2 aromatic carbocycles. The molecule has 2 heteroatoms. The van der Waals surface area contributed by atoms with E-state index in [1.54, 1.807) is 6.92 Å². The van der Waals surface area contributed by atoms with E-state index in [4.69, 9.17) is 0 Å². The van der Waals surface area contributed by atoms with Gasteiger partial charge in [-0.25, -0.2) is 0 Å². The predicted molar refractivity (Wildman–Crippen MR) is 98.9 cm³/mol. The van der Waals surface area contributed by atoms with Crippen molar-refractivity contribution in [3.8, 4) is 11.1 Å². The molecule has 0 spiro atoms.